The van der Waals surface area contributed by atoms with Crippen LogP contribution in [0.3, 0.4) is 0 Å². The number of nitrogens with zero attached hydrogens (tertiary/aromatic N) is 2. The number of halogens is 1. The van der Waals surface area contributed by atoms with Gasteiger partial charge in [0.05, 0.1) is 11.5 Å². The number of ether oxygens (including phenoxy) is 1. The number of para-hydroxylation sites is 1. The molecule has 2 aromatic carbocycles. The second-order valence-electron chi connectivity index (χ2n) is 7.34. The van der Waals surface area contributed by atoms with Gasteiger partial charge in [0.2, 0.25) is 0 Å². The molecule has 4 rings (SSSR count). The summed E-state index contributed by atoms with van der Waals surface area (Å²) in [6, 6.07) is 13.0. The van der Waals surface area contributed by atoms with Crippen LogP contribution in [0.25, 0.3) is 17.0 Å². The van der Waals surface area contributed by atoms with Gasteiger partial charge in [0.1, 0.15) is 11.9 Å². The highest BCUT2D eigenvalue weighted by molar-refractivity contribution is 8.18. The Labute approximate surface area is 188 Å². The van der Waals surface area contributed by atoms with E-state index in [0.717, 1.165) is 38.7 Å². The van der Waals surface area contributed by atoms with E-state index in [2.05, 4.69) is 0 Å². The number of thioether (sulfide) groups is 1. The first-order chi connectivity index (χ1) is 15.4. The van der Waals surface area contributed by atoms with Crippen molar-refractivity contribution in [2.75, 3.05) is 6.61 Å². The van der Waals surface area contributed by atoms with Crippen molar-refractivity contribution in [3.63, 3.8) is 0 Å². The Bertz CT molecular complexity index is 1230. The molecular formula is C24H21FN2O4S. The average Bonchev–Trinajstić information content (AvgIpc) is 3.26. The molecule has 8 heteroatoms. The highest BCUT2D eigenvalue weighted by atomic mass is 32.2. The number of fused-ring (bicyclic) bond motifs is 1. The van der Waals surface area contributed by atoms with Crippen molar-refractivity contribution in [1.29, 1.82) is 0 Å². The molecule has 0 unspecified atom stereocenters. The monoisotopic (exact) mass is 452 g/mol. The maximum Gasteiger partial charge on any atom is 0.329 e. The van der Waals surface area contributed by atoms with E-state index >= 15 is 0 Å². The molecule has 1 aliphatic heterocycles. The molecule has 3 aromatic rings. The minimum absolute atomic E-state index is 0.169. The van der Waals surface area contributed by atoms with Crippen molar-refractivity contribution in [3.05, 3.63) is 76.6 Å². The minimum atomic E-state index is -0.992. The molecule has 6 nitrogen and oxygen atoms in total. The molecular weight excluding hydrogens is 431 g/mol. The molecule has 0 bridgehead atoms. The number of carbonyl (C=O) groups excluding carboxylic acids is 3. The third kappa shape index (κ3) is 4.18. The van der Waals surface area contributed by atoms with Crippen LogP contribution in [0.2, 0.25) is 0 Å². The van der Waals surface area contributed by atoms with Gasteiger partial charge in [-0.3, -0.25) is 14.5 Å². The lowest BCUT2D eigenvalue weighted by Gasteiger charge is -2.19. The number of benzene rings is 2. The Kier molecular flexibility index (Phi) is 6.14. The van der Waals surface area contributed by atoms with Gasteiger partial charge in [-0.1, -0.05) is 30.3 Å². The average molecular weight is 453 g/mol. The highest BCUT2D eigenvalue weighted by Crippen LogP contribution is 2.35. The predicted octanol–water partition coefficient (Wildman–Crippen LogP) is 4.82. The summed E-state index contributed by atoms with van der Waals surface area (Å²) in [7, 11) is 0. The van der Waals surface area contributed by atoms with Crippen molar-refractivity contribution in [2.24, 2.45) is 0 Å². The molecule has 0 N–H and O–H groups in total. The summed E-state index contributed by atoms with van der Waals surface area (Å²) in [5.74, 6) is -1.43. The fraction of sp³-hybridized carbons (Fsp3) is 0.208. The van der Waals surface area contributed by atoms with E-state index in [4.69, 9.17) is 4.74 Å². The summed E-state index contributed by atoms with van der Waals surface area (Å²) in [6.45, 7) is 3.84. The Hall–Kier alpha value is -3.39. The van der Waals surface area contributed by atoms with E-state index in [9.17, 15) is 18.8 Å². The zero-order valence-electron chi connectivity index (χ0n) is 17.6. The second-order valence-corrected chi connectivity index (χ2v) is 8.33. The Morgan fingerprint density at radius 3 is 2.59 bits per heavy atom. The first-order valence-corrected chi connectivity index (χ1v) is 11.0. The van der Waals surface area contributed by atoms with Crippen LogP contribution < -0.4 is 0 Å². The first kappa shape index (κ1) is 21.8. The summed E-state index contributed by atoms with van der Waals surface area (Å²) in [4.78, 5) is 38.6. The van der Waals surface area contributed by atoms with Crippen molar-refractivity contribution in [1.82, 2.24) is 9.47 Å². The zero-order valence-corrected chi connectivity index (χ0v) is 18.4. The summed E-state index contributed by atoms with van der Waals surface area (Å²) in [5, 5.41) is 0.414. The van der Waals surface area contributed by atoms with E-state index in [-0.39, 0.29) is 17.3 Å². The largest absolute Gasteiger partial charge is 0.464 e. The Balaban J connectivity index is 1.67. The topological polar surface area (TPSA) is 68.6 Å². The Morgan fingerprint density at radius 1 is 1.16 bits per heavy atom. The molecule has 0 radical (unpaired) electrons. The lowest BCUT2D eigenvalue weighted by molar-refractivity contribution is -0.150. The van der Waals surface area contributed by atoms with Gasteiger partial charge in [0, 0.05) is 29.2 Å². The number of rotatable bonds is 6. The number of amides is 2. The lowest BCUT2D eigenvalue weighted by atomic mass is 10.1. The van der Waals surface area contributed by atoms with Gasteiger partial charge >= 0.3 is 5.97 Å². The number of aromatic nitrogens is 1. The third-order valence-electron chi connectivity index (χ3n) is 5.21. The van der Waals surface area contributed by atoms with Crippen LogP contribution in [0.15, 0.2) is 59.6 Å². The van der Waals surface area contributed by atoms with E-state index in [1.165, 1.54) is 19.1 Å². The van der Waals surface area contributed by atoms with Crippen LogP contribution in [0.4, 0.5) is 9.18 Å². The van der Waals surface area contributed by atoms with Crippen LogP contribution in [-0.4, -0.2) is 39.2 Å². The van der Waals surface area contributed by atoms with E-state index in [1.54, 1.807) is 25.1 Å². The van der Waals surface area contributed by atoms with Crippen LogP contribution in [0.5, 0.6) is 0 Å². The molecule has 2 heterocycles. The third-order valence-corrected chi connectivity index (χ3v) is 6.09. The molecule has 164 valence electrons. The molecule has 1 aliphatic rings. The number of hydrogen-bond acceptors (Lipinski definition) is 5. The van der Waals surface area contributed by atoms with Crippen LogP contribution >= 0.6 is 11.8 Å². The van der Waals surface area contributed by atoms with Crippen LogP contribution in [0.1, 0.15) is 25.0 Å². The van der Waals surface area contributed by atoms with Gasteiger partial charge < -0.3 is 9.30 Å². The normalized spacial score (nSPS) is 16.2. The van der Waals surface area contributed by atoms with Gasteiger partial charge in [-0.05, 0) is 55.4 Å². The van der Waals surface area contributed by atoms with Crippen molar-refractivity contribution in [2.45, 2.75) is 26.4 Å². The number of imide groups is 1. The number of esters is 1. The molecule has 0 aliphatic carbocycles. The van der Waals surface area contributed by atoms with Gasteiger partial charge in [0.25, 0.3) is 11.1 Å². The van der Waals surface area contributed by atoms with Crippen molar-refractivity contribution in [3.8, 4) is 0 Å². The van der Waals surface area contributed by atoms with Crippen LogP contribution in [0, 0.1) is 5.82 Å². The van der Waals surface area contributed by atoms with Crippen LogP contribution in [-0.2, 0) is 20.9 Å². The molecule has 1 saturated heterocycles. The summed E-state index contributed by atoms with van der Waals surface area (Å²) in [5.41, 5.74) is 2.65. The van der Waals surface area contributed by atoms with E-state index in [1.807, 2.05) is 35.0 Å². The molecule has 32 heavy (non-hydrogen) atoms. The maximum atomic E-state index is 13.3. The zero-order chi connectivity index (χ0) is 22.8. The fourth-order valence-electron chi connectivity index (χ4n) is 3.63. The molecule has 1 fully saturated rings. The molecule has 0 spiro atoms. The van der Waals surface area contributed by atoms with Gasteiger partial charge in [0.15, 0.2) is 0 Å². The van der Waals surface area contributed by atoms with Crippen molar-refractivity contribution >= 4 is 45.9 Å². The SMILES string of the molecule is CCOC(=O)[C@@H](C)N1C(=O)S/C(=C\c2cn(Cc3ccc(F)cc3)c3ccccc23)C1=O. The second kappa shape index (κ2) is 9.00. The summed E-state index contributed by atoms with van der Waals surface area (Å²) in [6.07, 6.45) is 3.57. The summed E-state index contributed by atoms with van der Waals surface area (Å²) < 4.78 is 20.2. The lowest BCUT2D eigenvalue weighted by Crippen LogP contribution is -2.42. The van der Waals surface area contributed by atoms with Crippen molar-refractivity contribution < 1.29 is 23.5 Å². The van der Waals surface area contributed by atoms with Gasteiger partial charge in [-0.25, -0.2) is 9.18 Å². The molecule has 1 aromatic heterocycles. The predicted molar refractivity (Wildman–Crippen MR) is 121 cm³/mol. The molecule has 2 amide bonds. The quantitative estimate of drug-likeness (QED) is 0.396. The molecule has 1 atom stereocenters. The molecule has 0 saturated carbocycles. The first-order valence-electron chi connectivity index (χ1n) is 10.1. The number of carbonyl (C=O) groups is 3. The minimum Gasteiger partial charge on any atom is -0.464 e. The van der Waals surface area contributed by atoms with Gasteiger partial charge in [-0.2, -0.15) is 0 Å². The van der Waals surface area contributed by atoms with E-state index in [0.29, 0.717) is 6.54 Å². The maximum absolute atomic E-state index is 13.3. The Morgan fingerprint density at radius 2 is 1.88 bits per heavy atom. The number of hydrogen-bond donors (Lipinski definition) is 0. The van der Waals surface area contributed by atoms with Gasteiger partial charge in [-0.15, -0.1) is 0 Å². The standard InChI is InChI=1S/C24H21FN2O4S/c1-3-31-23(29)15(2)27-22(28)21(32-24(27)30)12-17-14-26(20-7-5-4-6-19(17)20)13-16-8-10-18(25)11-9-16/h4-12,14-15H,3,13H2,1-2H3/b21-12-/t15-/m1/s1. The smallest absolute Gasteiger partial charge is 0.329 e. The van der Waals surface area contributed by atoms with E-state index < -0.39 is 23.2 Å². The summed E-state index contributed by atoms with van der Waals surface area (Å²) >= 11 is 0.804. The highest BCUT2D eigenvalue weighted by Gasteiger charge is 2.41. The fourth-order valence-corrected chi connectivity index (χ4v) is 4.53.